The number of aromatic amines is 1. The summed E-state index contributed by atoms with van der Waals surface area (Å²) in [6, 6.07) is 8.88. The summed E-state index contributed by atoms with van der Waals surface area (Å²) in [6.45, 7) is 4.23. The number of nitrogens with one attached hydrogen (secondary N) is 1. The van der Waals surface area contributed by atoms with Crippen LogP contribution in [0.5, 0.6) is 0 Å². The van der Waals surface area contributed by atoms with E-state index < -0.39 is 20.8 Å². The first-order chi connectivity index (χ1) is 14.3. The molecule has 0 aliphatic heterocycles. The van der Waals surface area contributed by atoms with E-state index in [2.05, 4.69) is 15.3 Å². The number of hydrogen-bond acceptors (Lipinski definition) is 8. The number of sulfonamides is 1. The zero-order valence-corrected chi connectivity index (χ0v) is 17.7. The highest BCUT2D eigenvalue weighted by Gasteiger charge is 2.22. The Hall–Kier alpha value is -3.16. The fourth-order valence-corrected chi connectivity index (χ4v) is 4.40. The van der Waals surface area contributed by atoms with E-state index >= 15 is 0 Å². The second-order valence-electron chi connectivity index (χ2n) is 5.96. The van der Waals surface area contributed by atoms with E-state index in [-0.39, 0.29) is 21.3 Å². The van der Waals surface area contributed by atoms with Gasteiger partial charge in [-0.1, -0.05) is 26.0 Å². The van der Waals surface area contributed by atoms with Crippen LogP contribution in [0.4, 0.5) is 5.88 Å². The highest BCUT2D eigenvalue weighted by Crippen LogP contribution is 2.23. The smallest absolute Gasteiger partial charge is 0.400 e. The molecule has 11 nitrogen and oxygen atoms in total. The monoisotopic (exact) mass is 450 g/mol. The number of furan rings is 1. The van der Waals surface area contributed by atoms with Gasteiger partial charge in [0.2, 0.25) is 14.8 Å². The maximum atomic E-state index is 12.8. The first kappa shape index (κ1) is 21.5. The van der Waals surface area contributed by atoms with Crippen LogP contribution >= 0.6 is 12.2 Å². The molecule has 0 amide bonds. The summed E-state index contributed by atoms with van der Waals surface area (Å²) in [5.74, 6) is 0.00397. The molecule has 0 bridgehead atoms. The minimum Gasteiger partial charge on any atom is -0.400 e. The molecule has 3 aromatic rings. The Bertz CT molecular complexity index is 1250. The minimum atomic E-state index is -3.66. The van der Waals surface area contributed by atoms with Gasteiger partial charge in [0.25, 0.3) is 0 Å². The molecule has 13 heteroatoms. The summed E-state index contributed by atoms with van der Waals surface area (Å²) < 4.78 is 33.4. The van der Waals surface area contributed by atoms with Gasteiger partial charge in [-0.25, -0.2) is 13.5 Å². The van der Waals surface area contributed by atoms with Crippen LogP contribution in [0.25, 0.3) is 11.4 Å². The Balaban J connectivity index is 1.99. The van der Waals surface area contributed by atoms with Gasteiger partial charge in [0.1, 0.15) is 4.92 Å². The third kappa shape index (κ3) is 4.22. The van der Waals surface area contributed by atoms with Crippen LogP contribution < -0.4 is 0 Å². The Morgan fingerprint density at radius 2 is 2.07 bits per heavy atom. The standard InChI is InChI=1S/C17H18N6O5S2/c1-3-21(4-2)30(26,27)14-7-5-6-12(10-14)16-19-20-17(29)22(16)18-11-13-8-9-15(28-13)23(24)25/h5-11H,3-4H2,1-2H3,(H,20,29)/b18-11+. The van der Waals surface area contributed by atoms with E-state index in [0.29, 0.717) is 18.7 Å². The molecule has 2 aromatic heterocycles. The van der Waals surface area contributed by atoms with Crippen LogP contribution in [0, 0.1) is 14.9 Å². The van der Waals surface area contributed by atoms with E-state index in [1.54, 1.807) is 26.0 Å². The number of rotatable bonds is 8. The van der Waals surface area contributed by atoms with Crippen LogP contribution in [0.1, 0.15) is 19.6 Å². The zero-order valence-electron chi connectivity index (χ0n) is 16.0. The van der Waals surface area contributed by atoms with Gasteiger partial charge >= 0.3 is 5.88 Å². The SMILES string of the molecule is CCN(CC)S(=O)(=O)c1cccc(-c2n[nH]c(=S)n2/N=C/c2ccc([N+](=O)[O-])o2)c1. The fourth-order valence-electron chi connectivity index (χ4n) is 2.72. The second-order valence-corrected chi connectivity index (χ2v) is 8.28. The molecule has 0 radical (unpaired) electrons. The summed E-state index contributed by atoms with van der Waals surface area (Å²) in [6.07, 6.45) is 1.25. The third-order valence-corrected chi connectivity index (χ3v) is 6.49. The summed E-state index contributed by atoms with van der Waals surface area (Å²) in [5.41, 5.74) is 0.471. The molecule has 0 saturated heterocycles. The molecule has 158 valence electrons. The van der Waals surface area contributed by atoms with Gasteiger partial charge in [-0.05, 0) is 30.4 Å². The van der Waals surface area contributed by atoms with Crippen molar-refractivity contribution in [2.24, 2.45) is 5.10 Å². The number of H-pyrrole nitrogens is 1. The van der Waals surface area contributed by atoms with Crippen LogP contribution in [0.2, 0.25) is 0 Å². The highest BCUT2D eigenvalue weighted by atomic mass is 32.2. The number of nitrogens with zero attached hydrogens (tertiary/aromatic N) is 5. The first-order valence-corrected chi connectivity index (χ1v) is 10.7. The van der Waals surface area contributed by atoms with Crippen molar-refractivity contribution in [1.29, 1.82) is 0 Å². The highest BCUT2D eigenvalue weighted by molar-refractivity contribution is 7.89. The summed E-state index contributed by atoms with van der Waals surface area (Å²) >= 11 is 5.19. The molecular formula is C17H18N6O5S2. The molecule has 1 aromatic carbocycles. The van der Waals surface area contributed by atoms with Gasteiger partial charge < -0.3 is 4.42 Å². The van der Waals surface area contributed by atoms with Gasteiger partial charge in [-0.3, -0.25) is 10.1 Å². The largest absolute Gasteiger partial charge is 0.433 e. The van der Waals surface area contributed by atoms with E-state index in [9.17, 15) is 18.5 Å². The molecule has 0 atom stereocenters. The number of aromatic nitrogens is 3. The Labute approximate surface area is 176 Å². The van der Waals surface area contributed by atoms with Crippen molar-refractivity contribution in [2.45, 2.75) is 18.7 Å². The Morgan fingerprint density at radius 3 is 2.70 bits per heavy atom. The van der Waals surface area contributed by atoms with Gasteiger partial charge in [0, 0.05) is 18.7 Å². The van der Waals surface area contributed by atoms with Crippen LogP contribution in [-0.4, -0.2) is 51.8 Å². The van der Waals surface area contributed by atoms with Crippen molar-refractivity contribution in [1.82, 2.24) is 19.2 Å². The van der Waals surface area contributed by atoms with Gasteiger partial charge in [-0.15, -0.1) is 0 Å². The lowest BCUT2D eigenvalue weighted by Gasteiger charge is -2.18. The number of hydrogen-bond donors (Lipinski definition) is 1. The molecule has 0 fully saturated rings. The molecule has 3 rings (SSSR count). The average molecular weight is 451 g/mol. The van der Waals surface area contributed by atoms with E-state index in [0.717, 1.165) is 0 Å². The lowest BCUT2D eigenvalue weighted by molar-refractivity contribution is -0.402. The maximum absolute atomic E-state index is 12.8. The van der Waals surface area contributed by atoms with Gasteiger partial charge in [0.05, 0.1) is 17.2 Å². The van der Waals surface area contributed by atoms with Crippen molar-refractivity contribution in [3.05, 3.63) is 57.0 Å². The molecule has 0 unspecified atom stereocenters. The molecule has 0 saturated carbocycles. The fraction of sp³-hybridized carbons (Fsp3) is 0.235. The zero-order chi connectivity index (χ0) is 21.9. The van der Waals surface area contributed by atoms with Gasteiger partial charge in [-0.2, -0.15) is 19.2 Å². The van der Waals surface area contributed by atoms with Crippen molar-refractivity contribution in [3.8, 4) is 11.4 Å². The summed E-state index contributed by atoms with van der Waals surface area (Å²) in [7, 11) is -3.66. The van der Waals surface area contributed by atoms with Gasteiger partial charge in [0.15, 0.2) is 11.6 Å². The normalized spacial score (nSPS) is 12.1. The lowest BCUT2D eigenvalue weighted by Crippen LogP contribution is -2.30. The molecule has 0 spiro atoms. The Kier molecular flexibility index (Phi) is 6.24. The molecule has 1 N–H and O–H groups in total. The maximum Gasteiger partial charge on any atom is 0.433 e. The summed E-state index contributed by atoms with van der Waals surface area (Å²) in [5, 5.41) is 21.6. The predicted octanol–water partition coefficient (Wildman–Crippen LogP) is 3.02. The number of nitro groups is 1. The average Bonchev–Trinajstić information content (AvgIpc) is 3.34. The molecule has 0 aliphatic rings. The predicted molar refractivity (Wildman–Crippen MR) is 111 cm³/mol. The molecule has 0 aliphatic carbocycles. The third-order valence-electron chi connectivity index (χ3n) is 4.18. The van der Waals surface area contributed by atoms with Crippen molar-refractivity contribution in [3.63, 3.8) is 0 Å². The Morgan fingerprint density at radius 1 is 1.33 bits per heavy atom. The van der Waals surface area contributed by atoms with E-state index in [1.165, 1.54) is 39.5 Å². The van der Waals surface area contributed by atoms with E-state index in [1.807, 2.05) is 0 Å². The minimum absolute atomic E-state index is 0.120. The molecular weight excluding hydrogens is 432 g/mol. The van der Waals surface area contributed by atoms with E-state index in [4.69, 9.17) is 16.6 Å². The van der Waals surface area contributed by atoms with Crippen LogP contribution in [-0.2, 0) is 10.0 Å². The first-order valence-electron chi connectivity index (χ1n) is 8.84. The van der Waals surface area contributed by atoms with Crippen molar-refractivity contribution >= 4 is 34.3 Å². The summed E-state index contributed by atoms with van der Waals surface area (Å²) in [4.78, 5) is 10.2. The topological polar surface area (TPSA) is 140 Å². The van der Waals surface area contributed by atoms with Crippen molar-refractivity contribution in [2.75, 3.05) is 13.1 Å². The van der Waals surface area contributed by atoms with Crippen LogP contribution in [0.15, 0.2) is 50.8 Å². The molecule has 30 heavy (non-hydrogen) atoms. The lowest BCUT2D eigenvalue weighted by atomic mass is 10.2. The quantitative estimate of drug-likeness (QED) is 0.241. The number of benzene rings is 1. The van der Waals surface area contributed by atoms with Crippen LogP contribution in [0.3, 0.4) is 0 Å². The molecule has 2 heterocycles. The second kappa shape index (κ2) is 8.69. The van der Waals surface area contributed by atoms with Crippen molar-refractivity contribution < 1.29 is 17.8 Å².